The van der Waals surface area contributed by atoms with Gasteiger partial charge in [-0.2, -0.15) is 5.16 Å². The number of carboxylic acids is 1. The van der Waals surface area contributed by atoms with Crippen LogP contribution in [0.4, 0.5) is 0 Å². The molecule has 19 heavy (non-hydrogen) atoms. The number of carbonyl (C=O) groups is 1. The lowest BCUT2D eigenvalue weighted by Gasteiger charge is -2.05. The first-order valence-electron chi connectivity index (χ1n) is 5.47. The highest BCUT2D eigenvalue weighted by atomic mass is 16.5. The average Bonchev–Trinajstić information content (AvgIpc) is 2.70. The average molecular weight is 264 g/mol. The molecule has 5 N–H and O–H groups in total. The van der Waals surface area contributed by atoms with Crippen molar-refractivity contribution in [2.45, 2.75) is 12.5 Å². The first kappa shape index (κ1) is 12.9. The minimum absolute atomic E-state index is 0.00779. The monoisotopic (exact) mass is 264 g/mol. The molecule has 0 saturated heterocycles. The van der Waals surface area contributed by atoms with E-state index in [0.29, 0.717) is 5.56 Å². The Morgan fingerprint density at radius 3 is 2.84 bits per heavy atom. The molecule has 0 fully saturated rings. The number of aromatic hydroxyl groups is 1. The minimum Gasteiger partial charge on any atom is -0.508 e. The van der Waals surface area contributed by atoms with E-state index in [9.17, 15) is 14.7 Å². The third-order valence-electron chi connectivity index (χ3n) is 2.63. The van der Waals surface area contributed by atoms with E-state index >= 15 is 0 Å². The van der Waals surface area contributed by atoms with Gasteiger partial charge in [-0.05, 0) is 17.7 Å². The molecule has 0 spiro atoms. The summed E-state index contributed by atoms with van der Waals surface area (Å²) in [4.78, 5) is 22.4. The lowest BCUT2D eigenvalue weighted by Crippen LogP contribution is -2.32. The Kier molecular flexibility index (Phi) is 3.39. The predicted molar refractivity (Wildman–Crippen MR) is 65.7 cm³/mol. The normalized spacial score (nSPS) is 12.3. The Balaban J connectivity index is 2.43. The van der Waals surface area contributed by atoms with Crippen LogP contribution < -0.4 is 11.3 Å². The zero-order valence-corrected chi connectivity index (χ0v) is 9.79. The van der Waals surface area contributed by atoms with Crippen LogP contribution in [0.3, 0.4) is 0 Å². The molecule has 1 aromatic heterocycles. The number of rotatable bonds is 4. The highest BCUT2D eigenvalue weighted by Crippen LogP contribution is 2.24. The fourth-order valence-corrected chi connectivity index (χ4v) is 1.72. The summed E-state index contributed by atoms with van der Waals surface area (Å²) in [5, 5.41) is 20.3. The Bertz CT molecular complexity index is 658. The van der Waals surface area contributed by atoms with E-state index in [1.165, 1.54) is 12.1 Å². The van der Waals surface area contributed by atoms with E-state index in [1.807, 2.05) is 0 Å². The number of carboxylic acid groups (broad SMARTS) is 1. The topological polar surface area (TPSA) is 130 Å². The lowest BCUT2D eigenvalue weighted by molar-refractivity contribution is -0.138. The molecule has 1 aromatic carbocycles. The van der Waals surface area contributed by atoms with E-state index < -0.39 is 17.6 Å². The van der Waals surface area contributed by atoms with Crippen LogP contribution in [0.2, 0.25) is 0 Å². The molecular weight excluding hydrogens is 252 g/mol. The number of nitrogens with two attached hydrogens (primary N) is 1. The Morgan fingerprint density at radius 2 is 2.21 bits per heavy atom. The van der Waals surface area contributed by atoms with Crippen molar-refractivity contribution < 1.29 is 19.5 Å². The number of nitrogens with one attached hydrogen (secondary N) is 1. The van der Waals surface area contributed by atoms with Gasteiger partial charge in [0.05, 0.1) is 5.56 Å². The number of hydrogen-bond acceptors (Lipinski definition) is 5. The zero-order chi connectivity index (χ0) is 14.0. The SMILES string of the molecule is NC(Cc1o[nH]c(=O)c1-c1cccc(O)c1)C(=O)O. The zero-order valence-electron chi connectivity index (χ0n) is 9.79. The van der Waals surface area contributed by atoms with Crippen molar-refractivity contribution >= 4 is 5.97 Å². The second-order valence-electron chi connectivity index (χ2n) is 4.03. The van der Waals surface area contributed by atoms with Gasteiger partial charge in [0.25, 0.3) is 5.56 Å². The molecule has 7 heteroatoms. The van der Waals surface area contributed by atoms with Crippen LogP contribution in [0.25, 0.3) is 11.1 Å². The summed E-state index contributed by atoms with van der Waals surface area (Å²) < 4.78 is 4.95. The molecule has 0 aliphatic carbocycles. The summed E-state index contributed by atoms with van der Waals surface area (Å²) in [5.41, 5.74) is 5.51. The Labute approximate surface area is 107 Å². The van der Waals surface area contributed by atoms with Crippen LogP contribution in [0.15, 0.2) is 33.6 Å². The van der Waals surface area contributed by atoms with E-state index in [0.717, 1.165) is 0 Å². The molecule has 0 aliphatic rings. The summed E-state index contributed by atoms with van der Waals surface area (Å²) in [6.45, 7) is 0. The molecule has 1 atom stereocenters. The Hall–Kier alpha value is -2.54. The molecule has 0 amide bonds. The smallest absolute Gasteiger partial charge is 0.320 e. The number of benzene rings is 1. The summed E-state index contributed by atoms with van der Waals surface area (Å²) in [6.07, 6.45) is -0.126. The van der Waals surface area contributed by atoms with Crippen molar-refractivity contribution in [2.75, 3.05) is 0 Å². The molecular formula is C12H12N2O5. The van der Waals surface area contributed by atoms with E-state index in [4.69, 9.17) is 15.4 Å². The maximum Gasteiger partial charge on any atom is 0.320 e. The van der Waals surface area contributed by atoms with Gasteiger partial charge in [-0.3, -0.25) is 9.59 Å². The molecule has 1 heterocycles. The summed E-state index contributed by atoms with van der Waals surface area (Å²) in [5.74, 6) is -1.05. The predicted octanol–water partition coefficient (Wildman–Crippen LogP) is 0.295. The molecule has 100 valence electrons. The highest BCUT2D eigenvalue weighted by molar-refractivity contribution is 5.74. The number of aliphatic carboxylic acids is 1. The van der Waals surface area contributed by atoms with Crippen molar-refractivity contribution in [3.05, 3.63) is 40.4 Å². The fraction of sp³-hybridized carbons (Fsp3) is 0.167. The molecule has 0 bridgehead atoms. The molecule has 2 aromatic rings. The van der Waals surface area contributed by atoms with Gasteiger partial charge < -0.3 is 20.5 Å². The van der Waals surface area contributed by atoms with Gasteiger partial charge in [0, 0.05) is 6.42 Å². The Morgan fingerprint density at radius 1 is 1.47 bits per heavy atom. The van der Waals surface area contributed by atoms with Crippen LogP contribution >= 0.6 is 0 Å². The van der Waals surface area contributed by atoms with Gasteiger partial charge in [-0.25, -0.2) is 0 Å². The van der Waals surface area contributed by atoms with Crippen molar-refractivity contribution in [1.29, 1.82) is 0 Å². The largest absolute Gasteiger partial charge is 0.508 e. The van der Waals surface area contributed by atoms with E-state index in [-0.39, 0.29) is 23.5 Å². The molecule has 0 saturated carbocycles. The minimum atomic E-state index is -1.19. The van der Waals surface area contributed by atoms with Crippen molar-refractivity contribution in [1.82, 2.24) is 5.16 Å². The first-order valence-corrected chi connectivity index (χ1v) is 5.47. The number of hydrogen-bond donors (Lipinski definition) is 4. The molecule has 0 radical (unpaired) electrons. The second-order valence-corrected chi connectivity index (χ2v) is 4.03. The lowest BCUT2D eigenvalue weighted by atomic mass is 10.0. The van der Waals surface area contributed by atoms with Gasteiger partial charge in [0.15, 0.2) is 0 Å². The van der Waals surface area contributed by atoms with E-state index in [1.54, 1.807) is 12.1 Å². The summed E-state index contributed by atoms with van der Waals surface area (Å²) >= 11 is 0. The van der Waals surface area contributed by atoms with Gasteiger partial charge >= 0.3 is 5.97 Å². The summed E-state index contributed by atoms with van der Waals surface area (Å²) in [7, 11) is 0. The maximum absolute atomic E-state index is 11.7. The van der Waals surface area contributed by atoms with E-state index in [2.05, 4.69) is 5.16 Å². The van der Waals surface area contributed by atoms with Crippen LogP contribution in [-0.2, 0) is 11.2 Å². The highest BCUT2D eigenvalue weighted by Gasteiger charge is 2.21. The maximum atomic E-state index is 11.7. The number of phenols is 1. The van der Waals surface area contributed by atoms with Crippen LogP contribution in [-0.4, -0.2) is 27.4 Å². The fourth-order valence-electron chi connectivity index (χ4n) is 1.72. The molecule has 7 nitrogen and oxygen atoms in total. The number of aromatic amines is 1. The second kappa shape index (κ2) is 4.99. The van der Waals surface area contributed by atoms with Gasteiger partial charge in [-0.1, -0.05) is 12.1 Å². The van der Waals surface area contributed by atoms with Crippen molar-refractivity contribution in [3.8, 4) is 16.9 Å². The van der Waals surface area contributed by atoms with Gasteiger partial charge in [0.1, 0.15) is 17.6 Å². The first-order chi connectivity index (χ1) is 8.99. The molecule has 1 unspecified atom stereocenters. The van der Waals surface area contributed by atoms with Crippen LogP contribution in [0.1, 0.15) is 5.76 Å². The number of H-pyrrole nitrogens is 1. The summed E-state index contributed by atoms with van der Waals surface area (Å²) in [6, 6.07) is 4.85. The third-order valence-corrected chi connectivity index (χ3v) is 2.63. The standard InChI is InChI=1S/C12H12N2O5/c13-8(12(17)18)5-9-10(11(16)14-19-9)6-2-1-3-7(15)4-6/h1-4,8,15H,5,13H2,(H,14,16)(H,17,18). The number of phenolic OH excluding ortho intramolecular Hbond substituents is 1. The van der Waals surface area contributed by atoms with Crippen molar-refractivity contribution in [2.24, 2.45) is 5.73 Å². The quantitative estimate of drug-likeness (QED) is 0.628. The molecule has 2 rings (SSSR count). The number of aromatic nitrogens is 1. The van der Waals surface area contributed by atoms with Crippen molar-refractivity contribution in [3.63, 3.8) is 0 Å². The third kappa shape index (κ3) is 2.66. The van der Waals surface area contributed by atoms with Gasteiger partial charge in [0.2, 0.25) is 0 Å². The van der Waals surface area contributed by atoms with Gasteiger partial charge in [-0.15, -0.1) is 0 Å². The molecule has 0 aliphatic heterocycles. The van der Waals surface area contributed by atoms with Crippen LogP contribution in [0.5, 0.6) is 5.75 Å². The van der Waals surface area contributed by atoms with Crippen LogP contribution in [0, 0.1) is 0 Å².